The maximum Gasteiger partial charge on any atom is 0.170 e. The Balaban J connectivity index is 1.85. The van der Waals surface area contributed by atoms with Crippen molar-refractivity contribution in [3.05, 3.63) is 0 Å². The number of hydrogen-bond acceptors (Lipinski definition) is 4. The molecule has 0 amide bonds. The predicted octanol–water partition coefficient (Wildman–Crippen LogP) is 1.55. The van der Waals surface area contributed by atoms with Gasteiger partial charge in [0.1, 0.15) is 0 Å². The average molecular weight is 256 g/mol. The Hall–Kier alpha value is -0.160. The quantitative estimate of drug-likeness (QED) is 0.673. The Labute approximate surface area is 111 Å². The van der Waals surface area contributed by atoms with Gasteiger partial charge in [-0.15, -0.1) is 0 Å². The molecule has 0 aliphatic carbocycles. The molecule has 2 aliphatic heterocycles. The van der Waals surface area contributed by atoms with Crippen molar-refractivity contribution in [3.63, 3.8) is 0 Å². The molecule has 2 heterocycles. The molecule has 0 N–H and O–H groups in total. The first kappa shape index (κ1) is 14.3. The van der Waals surface area contributed by atoms with E-state index in [-0.39, 0.29) is 6.29 Å². The standard InChI is InChI=1S/C14H28N2O2/c1-4-17-14(18-5-2)11-16-9-8-12-6-7-13(10-16)15(12)3/h12-14H,4-11H2,1-3H3. The van der Waals surface area contributed by atoms with Gasteiger partial charge in [0.15, 0.2) is 6.29 Å². The van der Waals surface area contributed by atoms with Crippen molar-refractivity contribution in [2.75, 3.05) is 39.9 Å². The molecular formula is C14H28N2O2. The third-order valence-corrected chi connectivity index (χ3v) is 4.34. The minimum absolute atomic E-state index is 0.0538. The molecule has 4 nitrogen and oxygen atoms in total. The molecule has 2 atom stereocenters. The minimum Gasteiger partial charge on any atom is -0.352 e. The summed E-state index contributed by atoms with van der Waals surface area (Å²) in [5, 5.41) is 0. The van der Waals surface area contributed by atoms with Gasteiger partial charge in [0.25, 0.3) is 0 Å². The molecule has 0 aromatic heterocycles. The van der Waals surface area contributed by atoms with Crippen molar-refractivity contribution < 1.29 is 9.47 Å². The van der Waals surface area contributed by atoms with Crippen LogP contribution in [0.25, 0.3) is 0 Å². The summed E-state index contributed by atoms with van der Waals surface area (Å²) in [6.07, 6.45) is 3.97. The lowest BCUT2D eigenvalue weighted by molar-refractivity contribution is -0.147. The summed E-state index contributed by atoms with van der Waals surface area (Å²) in [5.74, 6) is 0. The van der Waals surface area contributed by atoms with E-state index in [1.807, 2.05) is 13.8 Å². The normalized spacial score (nSPS) is 30.0. The van der Waals surface area contributed by atoms with Gasteiger partial charge in [0.05, 0.1) is 0 Å². The zero-order chi connectivity index (χ0) is 13.0. The van der Waals surface area contributed by atoms with Gasteiger partial charge in [-0.05, 0) is 46.7 Å². The first-order valence-electron chi connectivity index (χ1n) is 7.42. The van der Waals surface area contributed by atoms with E-state index in [9.17, 15) is 0 Å². The Morgan fingerprint density at radius 2 is 1.72 bits per heavy atom. The van der Waals surface area contributed by atoms with Gasteiger partial charge in [-0.1, -0.05) is 0 Å². The van der Waals surface area contributed by atoms with Crippen LogP contribution in [-0.4, -0.2) is 68.1 Å². The highest BCUT2D eigenvalue weighted by Gasteiger charge is 2.35. The van der Waals surface area contributed by atoms with Crippen LogP contribution in [0, 0.1) is 0 Å². The number of nitrogens with zero attached hydrogens (tertiary/aromatic N) is 2. The lowest BCUT2D eigenvalue weighted by Gasteiger charge is -2.29. The van der Waals surface area contributed by atoms with Crippen LogP contribution in [0.3, 0.4) is 0 Å². The second-order valence-corrected chi connectivity index (χ2v) is 5.44. The van der Waals surface area contributed by atoms with Crippen LogP contribution >= 0.6 is 0 Å². The molecule has 106 valence electrons. The van der Waals surface area contributed by atoms with E-state index in [0.29, 0.717) is 0 Å². The first-order valence-corrected chi connectivity index (χ1v) is 7.42. The Morgan fingerprint density at radius 3 is 2.39 bits per heavy atom. The molecule has 18 heavy (non-hydrogen) atoms. The van der Waals surface area contributed by atoms with E-state index < -0.39 is 0 Å². The van der Waals surface area contributed by atoms with Crippen molar-refractivity contribution >= 4 is 0 Å². The van der Waals surface area contributed by atoms with E-state index in [4.69, 9.17) is 9.47 Å². The van der Waals surface area contributed by atoms with E-state index in [1.54, 1.807) is 0 Å². The van der Waals surface area contributed by atoms with Crippen LogP contribution in [0.5, 0.6) is 0 Å². The number of likely N-dealkylation sites (N-methyl/N-ethyl adjacent to an activating group) is 1. The Bertz CT molecular complexity index is 244. The van der Waals surface area contributed by atoms with Gasteiger partial charge in [-0.25, -0.2) is 0 Å². The lowest BCUT2D eigenvalue weighted by Crippen LogP contribution is -2.41. The van der Waals surface area contributed by atoms with Crippen molar-refractivity contribution in [3.8, 4) is 0 Å². The predicted molar refractivity (Wildman–Crippen MR) is 72.7 cm³/mol. The number of hydrogen-bond donors (Lipinski definition) is 0. The molecular weight excluding hydrogens is 228 g/mol. The fraction of sp³-hybridized carbons (Fsp3) is 1.00. The molecule has 2 unspecified atom stereocenters. The first-order chi connectivity index (χ1) is 8.74. The third-order valence-electron chi connectivity index (χ3n) is 4.34. The highest BCUT2D eigenvalue weighted by Crippen LogP contribution is 2.28. The Morgan fingerprint density at radius 1 is 1.06 bits per heavy atom. The highest BCUT2D eigenvalue weighted by atomic mass is 16.7. The molecule has 0 saturated carbocycles. The van der Waals surface area contributed by atoms with Crippen LogP contribution < -0.4 is 0 Å². The van der Waals surface area contributed by atoms with Gasteiger partial charge in [-0.2, -0.15) is 0 Å². The fourth-order valence-electron chi connectivity index (χ4n) is 3.28. The summed E-state index contributed by atoms with van der Waals surface area (Å²) in [7, 11) is 2.29. The van der Waals surface area contributed by atoms with Crippen molar-refractivity contribution in [2.45, 2.75) is 51.5 Å². The molecule has 2 rings (SSSR count). The van der Waals surface area contributed by atoms with Crippen LogP contribution in [0.4, 0.5) is 0 Å². The molecule has 0 aromatic rings. The fourth-order valence-corrected chi connectivity index (χ4v) is 3.28. The lowest BCUT2D eigenvalue weighted by atomic mass is 10.1. The molecule has 0 radical (unpaired) electrons. The number of likely N-dealkylation sites (tertiary alicyclic amines) is 1. The SMILES string of the molecule is CCOC(CN1CCC2CCC(C1)N2C)OCC. The van der Waals surface area contributed by atoms with Gasteiger partial charge >= 0.3 is 0 Å². The van der Waals surface area contributed by atoms with Crippen molar-refractivity contribution in [2.24, 2.45) is 0 Å². The maximum atomic E-state index is 5.66. The second kappa shape index (κ2) is 6.85. The summed E-state index contributed by atoms with van der Waals surface area (Å²) in [6.45, 7) is 8.79. The molecule has 2 aliphatic rings. The van der Waals surface area contributed by atoms with E-state index in [2.05, 4.69) is 16.8 Å². The summed E-state index contributed by atoms with van der Waals surface area (Å²) >= 11 is 0. The summed E-state index contributed by atoms with van der Waals surface area (Å²) < 4.78 is 11.3. The van der Waals surface area contributed by atoms with Crippen LogP contribution in [0.1, 0.15) is 33.1 Å². The number of fused-ring (bicyclic) bond motifs is 2. The van der Waals surface area contributed by atoms with Crippen LogP contribution in [0.2, 0.25) is 0 Å². The van der Waals surface area contributed by atoms with E-state index in [0.717, 1.165) is 31.8 Å². The largest absolute Gasteiger partial charge is 0.352 e. The highest BCUT2D eigenvalue weighted by molar-refractivity contribution is 4.91. The monoisotopic (exact) mass is 256 g/mol. The second-order valence-electron chi connectivity index (χ2n) is 5.44. The van der Waals surface area contributed by atoms with E-state index >= 15 is 0 Å². The molecule has 0 spiro atoms. The van der Waals surface area contributed by atoms with Crippen LogP contribution in [-0.2, 0) is 9.47 Å². The Kier molecular flexibility index (Phi) is 5.42. The van der Waals surface area contributed by atoms with Gasteiger partial charge in [0.2, 0.25) is 0 Å². The number of rotatable bonds is 6. The molecule has 2 bridgehead atoms. The topological polar surface area (TPSA) is 24.9 Å². The van der Waals surface area contributed by atoms with Gasteiger partial charge in [0, 0.05) is 38.4 Å². The minimum atomic E-state index is -0.0538. The zero-order valence-electron chi connectivity index (χ0n) is 12.1. The molecule has 4 heteroatoms. The van der Waals surface area contributed by atoms with Crippen molar-refractivity contribution in [1.29, 1.82) is 0 Å². The smallest absolute Gasteiger partial charge is 0.170 e. The molecule has 2 fully saturated rings. The average Bonchev–Trinajstić information content (AvgIpc) is 2.58. The van der Waals surface area contributed by atoms with Gasteiger partial charge in [-0.3, -0.25) is 9.80 Å². The van der Waals surface area contributed by atoms with E-state index in [1.165, 1.54) is 32.4 Å². The zero-order valence-corrected chi connectivity index (χ0v) is 12.1. The number of ether oxygens (including phenoxy) is 2. The summed E-state index contributed by atoms with van der Waals surface area (Å²) in [4.78, 5) is 5.10. The summed E-state index contributed by atoms with van der Waals surface area (Å²) in [5.41, 5.74) is 0. The summed E-state index contributed by atoms with van der Waals surface area (Å²) in [6, 6.07) is 1.54. The molecule has 2 saturated heterocycles. The van der Waals surface area contributed by atoms with Crippen LogP contribution in [0.15, 0.2) is 0 Å². The van der Waals surface area contributed by atoms with Crippen molar-refractivity contribution in [1.82, 2.24) is 9.80 Å². The molecule has 0 aromatic carbocycles. The van der Waals surface area contributed by atoms with Gasteiger partial charge < -0.3 is 9.47 Å². The third kappa shape index (κ3) is 3.44. The maximum absolute atomic E-state index is 5.66.